The van der Waals surface area contributed by atoms with Crippen LogP contribution in [0.5, 0.6) is 11.5 Å². The highest BCUT2D eigenvalue weighted by atomic mass is 35.5. The highest BCUT2D eigenvalue weighted by Crippen LogP contribution is 2.25. The molecule has 0 atom stereocenters. The summed E-state index contributed by atoms with van der Waals surface area (Å²) in [4.78, 5) is 19.1. The number of halogens is 2. The van der Waals surface area contributed by atoms with Gasteiger partial charge < -0.3 is 14.8 Å². The molecule has 1 heterocycles. The molecule has 8 heteroatoms. The molecular weight excluding hydrogens is 373 g/mol. The third-order valence-corrected chi connectivity index (χ3v) is 3.59. The summed E-state index contributed by atoms with van der Waals surface area (Å²) in [6.07, 6.45) is 0.992. The lowest BCUT2D eigenvalue weighted by Crippen LogP contribution is -2.04. The van der Waals surface area contributed by atoms with Gasteiger partial charge >= 0.3 is 5.97 Å². The van der Waals surface area contributed by atoms with E-state index >= 15 is 0 Å². The Balaban J connectivity index is 1.70. The van der Waals surface area contributed by atoms with E-state index in [1.807, 2.05) is 0 Å². The maximum Gasteiger partial charge on any atom is 0.338 e. The van der Waals surface area contributed by atoms with E-state index in [1.165, 1.54) is 0 Å². The van der Waals surface area contributed by atoms with Crippen molar-refractivity contribution in [2.45, 2.75) is 6.92 Å². The van der Waals surface area contributed by atoms with Gasteiger partial charge in [-0.2, -0.15) is 4.98 Å². The Bertz CT molecular complexity index is 951. The minimum Gasteiger partial charge on any atom is -0.462 e. The molecule has 138 valence electrons. The van der Waals surface area contributed by atoms with Crippen LogP contribution >= 0.6 is 11.6 Å². The fraction of sp³-hybridized carbons (Fsp3) is 0.105. The number of rotatable bonds is 6. The van der Waals surface area contributed by atoms with Gasteiger partial charge in [0.1, 0.15) is 11.5 Å². The highest BCUT2D eigenvalue weighted by molar-refractivity contribution is 6.28. The van der Waals surface area contributed by atoms with Crippen LogP contribution in [0.2, 0.25) is 5.28 Å². The molecule has 0 aliphatic carbocycles. The first-order chi connectivity index (χ1) is 13.0. The van der Waals surface area contributed by atoms with Gasteiger partial charge in [0.25, 0.3) is 0 Å². The average Bonchev–Trinajstić information content (AvgIpc) is 2.67. The first-order valence-electron chi connectivity index (χ1n) is 8.05. The minimum atomic E-state index is -0.615. The number of hydrogen-bond acceptors (Lipinski definition) is 6. The molecule has 6 nitrogen and oxygen atoms in total. The van der Waals surface area contributed by atoms with Gasteiger partial charge in [0.2, 0.25) is 5.28 Å². The van der Waals surface area contributed by atoms with Crippen molar-refractivity contribution >= 4 is 29.1 Å². The van der Waals surface area contributed by atoms with Crippen molar-refractivity contribution in [1.29, 1.82) is 0 Å². The Morgan fingerprint density at radius 2 is 1.96 bits per heavy atom. The fourth-order valence-electron chi connectivity index (χ4n) is 2.21. The molecule has 0 saturated heterocycles. The van der Waals surface area contributed by atoms with Crippen molar-refractivity contribution in [3.05, 3.63) is 71.4 Å². The summed E-state index contributed by atoms with van der Waals surface area (Å²) < 4.78 is 24.4. The summed E-state index contributed by atoms with van der Waals surface area (Å²) in [6, 6.07) is 13.5. The first kappa shape index (κ1) is 18.6. The lowest BCUT2D eigenvalue weighted by atomic mass is 10.2. The molecule has 0 bridgehead atoms. The lowest BCUT2D eigenvalue weighted by molar-refractivity contribution is 0.0526. The second-order valence-electron chi connectivity index (χ2n) is 5.34. The highest BCUT2D eigenvalue weighted by Gasteiger charge is 2.09. The average molecular weight is 388 g/mol. The molecule has 0 saturated carbocycles. The number of nitrogens with zero attached hydrogens (tertiary/aromatic N) is 2. The molecule has 3 rings (SSSR count). The number of esters is 1. The Labute approximate surface area is 159 Å². The van der Waals surface area contributed by atoms with Crippen LogP contribution in [0.25, 0.3) is 0 Å². The summed E-state index contributed by atoms with van der Waals surface area (Å²) in [5, 5.41) is 2.76. The Kier molecular flexibility index (Phi) is 5.83. The van der Waals surface area contributed by atoms with E-state index < -0.39 is 11.8 Å². The van der Waals surface area contributed by atoms with Gasteiger partial charge in [-0.25, -0.2) is 14.2 Å². The van der Waals surface area contributed by atoms with E-state index in [1.54, 1.807) is 55.5 Å². The number of benzene rings is 2. The zero-order valence-corrected chi connectivity index (χ0v) is 15.0. The number of nitrogens with one attached hydrogen (secondary N) is 1. The molecular formula is C19H15ClFN3O3. The summed E-state index contributed by atoms with van der Waals surface area (Å²) in [7, 11) is 0. The largest absolute Gasteiger partial charge is 0.462 e. The van der Waals surface area contributed by atoms with Gasteiger partial charge in [0.15, 0.2) is 11.6 Å². The predicted molar refractivity (Wildman–Crippen MR) is 99.2 cm³/mol. The molecule has 0 amide bonds. The van der Waals surface area contributed by atoms with Gasteiger partial charge in [0, 0.05) is 5.69 Å². The number of anilines is 2. The molecule has 0 radical (unpaired) electrons. The predicted octanol–water partition coefficient (Wildman–Crippen LogP) is 4.98. The Morgan fingerprint density at radius 1 is 1.19 bits per heavy atom. The van der Waals surface area contributed by atoms with Crippen molar-refractivity contribution in [2.75, 3.05) is 11.9 Å². The van der Waals surface area contributed by atoms with Crippen LogP contribution in [0.1, 0.15) is 17.3 Å². The summed E-state index contributed by atoms with van der Waals surface area (Å²) in [6.45, 7) is 2.05. The van der Waals surface area contributed by atoms with E-state index in [0.717, 1.165) is 6.20 Å². The van der Waals surface area contributed by atoms with E-state index in [-0.39, 0.29) is 11.1 Å². The molecule has 3 aromatic rings. The lowest BCUT2D eigenvalue weighted by Gasteiger charge is -2.10. The van der Waals surface area contributed by atoms with Crippen LogP contribution in [0.15, 0.2) is 54.7 Å². The molecule has 0 fully saturated rings. The summed E-state index contributed by atoms with van der Waals surface area (Å²) in [5.74, 6) is -0.00742. The van der Waals surface area contributed by atoms with Crippen LogP contribution in [0.3, 0.4) is 0 Å². The molecule has 0 spiro atoms. The van der Waals surface area contributed by atoms with Crippen molar-refractivity contribution in [2.24, 2.45) is 0 Å². The maximum absolute atomic E-state index is 13.7. The van der Waals surface area contributed by atoms with Crippen LogP contribution in [-0.4, -0.2) is 22.5 Å². The SMILES string of the molecule is CCOC(=O)c1cccc(Oc2ccc(Nc3nc(Cl)ncc3F)cc2)c1. The van der Waals surface area contributed by atoms with Crippen LogP contribution < -0.4 is 10.1 Å². The van der Waals surface area contributed by atoms with Gasteiger partial charge in [-0.15, -0.1) is 0 Å². The number of ether oxygens (including phenoxy) is 2. The van der Waals surface area contributed by atoms with Gasteiger partial charge in [-0.3, -0.25) is 0 Å². The summed E-state index contributed by atoms with van der Waals surface area (Å²) >= 11 is 5.67. The third-order valence-electron chi connectivity index (χ3n) is 3.41. The Morgan fingerprint density at radius 3 is 2.70 bits per heavy atom. The van der Waals surface area contributed by atoms with Crippen molar-refractivity contribution in [3.8, 4) is 11.5 Å². The van der Waals surface area contributed by atoms with Gasteiger partial charge in [-0.1, -0.05) is 6.07 Å². The van der Waals surface area contributed by atoms with Gasteiger partial charge in [0.05, 0.1) is 18.4 Å². The van der Waals surface area contributed by atoms with Crippen LogP contribution in [0.4, 0.5) is 15.9 Å². The summed E-state index contributed by atoms with van der Waals surface area (Å²) in [5.41, 5.74) is 1.00. The Hall–Kier alpha value is -3.19. The molecule has 27 heavy (non-hydrogen) atoms. The number of aromatic nitrogens is 2. The van der Waals surface area contributed by atoms with Gasteiger partial charge in [-0.05, 0) is 61.0 Å². The monoisotopic (exact) mass is 387 g/mol. The molecule has 2 aromatic carbocycles. The zero-order chi connectivity index (χ0) is 19.2. The number of hydrogen-bond donors (Lipinski definition) is 1. The smallest absolute Gasteiger partial charge is 0.338 e. The van der Waals surface area contributed by atoms with E-state index in [0.29, 0.717) is 29.4 Å². The first-order valence-corrected chi connectivity index (χ1v) is 8.43. The van der Waals surface area contributed by atoms with Crippen molar-refractivity contribution < 1.29 is 18.7 Å². The zero-order valence-electron chi connectivity index (χ0n) is 14.3. The standard InChI is InChI=1S/C19H15ClFN3O3/c1-2-26-18(25)12-4-3-5-15(10-12)27-14-8-6-13(7-9-14)23-17-16(21)11-22-19(20)24-17/h3-11H,2H2,1H3,(H,22,23,24). The molecule has 1 N–H and O–H groups in total. The molecule has 0 unspecified atom stereocenters. The topological polar surface area (TPSA) is 73.3 Å². The number of carbonyl (C=O) groups is 1. The third kappa shape index (κ3) is 4.92. The molecule has 0 aliphatic rings. The molecule has 0 aliphatic heterocycles. The quantitative estimate of drug-likeness (QED) is 0.475. The minimum absolute atomic E-state index is 0.0224. The molecule has 1 aromatic heterocycles. The second kappa shape index (κ2) is 8.46. The van der Waals surface area contributed by atoms with E-state index in [9.17, 15) is 9.18 Å². The van der Waals surface area contributed by atoms with E-state index in [4.69, 9.17) is 21.1 Å². The van der Waals surface area contributed by atoms with Crippen LogP contribution in [-0.2, 0) is 4.74 Å². The van der Waals surface area contributed by atoms with Crippen molar-refractivity contribution in [1.82, 2.24) is 9.97 Å². The normalized spacial score (nSPS) is 10.3. The second-order valence-corrected chi connectivity index (χ2v) is 5.67. The maximum atomic E-state index is 13.7. The van der Waals surface area contributed by atoms with Crippen LogP contribution in [0, 0.1) is 5.82 Å². The van der Waals surface area contributed by atoms with E-state index in [2.05, 4.69) is 15.3 Å². The van der Waals surface area contributed by atoms with Crippen molar-refractivity contribution in [3.63, 3.8) is 0 Å². The fourth-order valence-corrected chi connectivity index (χ4v) is 2.35. The number of carbonyl (C=O) groups excluding carboxylic acids is 1.